The van der Waals surface area contributed by atoms with E-state index in [-0.39, 0.29) is 0 Å². The van der Waals surface area contributed by atoms with E-state index in [4.69, 9.17) is 5.41 Å². The Morgan fingerprint density at radius 3 is 2.69 bits per heavy atom. The molecule has 0 saturated heterocycles. The van der Waals surface area contributed by atoms with Crippen molar-refractivity contribution in [3.05, 3.63) is 36.6 Å². The minimum Gasteiger partial charge on any atom is -0.300 e. The average Bonchev–Trinajstić information content (AvgIpc) is 2.12. The molecule has 13 heavy (non-hydrogen) atoms. The zero-order valence-corrected chi connectivity index (χ0v) is 8.25. The molecule has 0 aliphatic carbocycles. The van der Waals surface area contributed by atoms with Crippen molar-refractivity contribution in [2.24, 2.45) is 4.99 Å². The number of aliphatic imine (C=N–C) groups is 1. The Balaban J connectivity index is 4.61. The van der Waals surface area contributed by atoms with Gasteiger partial charge in [-0.15, -0.1) is 0 Å². The highest BCUT2D eigenvalue weighted by atomic mass is 14.7. The lowest BCUT2D eigenvalue weighted by molar-refractivity contribution is 1.22. The maximum atomic E-state index is 7.65. The van der Waals surface area contributed by atoms with E-state index in [2.05, 4.69) is 11.6 Å². The highest BCUT2D eigenvalue weighted by Crippen LogP contribution is 1.98. The zero-order valence-electron chi connectivity index (χ0n) is 8.25. The maximum Gasteiger partial charge on any atom is 0.0621 e. The van der Waals surface area contributed by atoms with E-state index in [1.807, 2.05) is 26.0 Å². The van der Waals surface area contributed by atoms with E-state index in [1.165, 1.54) is 6.20 Å². The fourth-order valence-electron chi connectivity index (χ4n) is 0.848. The Labute approximate surface area is 79.9 Å². The summed E-state index contributed by atoms with van der Waals surface area (Å²) in [6.45, 7) is 7.41. The predicted octanol–water partition coefficient (Wildman–Crippen LogP) is 3.13. The molecule has 0 unspecified atom stereocenters. The van der Waals surface area contributed by atoms with Crippen LogP contribution >= 0.6 is 0 Å². The van der Waals surface area contributed by atoms with Crippen molar-refractivity contribution in [1.82, 2.24) is 0 Å². The summed E-state index contributed by atoms with van der Waals surface area (Å²) in [5.41, 5.74) is 1.32. The third-order valence-corrected chi connectivity index (χ3v) is 1.39. The highest BCUT2D eigenvalue weighted by Gasteiger charge is 1.95. The largest absolute Gasteiger partial charge is 0.300 e. The predicted molar refractivity (Wildman–Crippen MR) is 59.6 cm³/mol. The van der Waals surface area contributed by atoms with Gasteiger partial charge in [-0.3, -0.25) is 4.99 Å². The summed E-state index contributed by atoms with van der Waals surface area (Å²) in [5.74, 6) is 0. The Hall–Kier alpha value is -1.44. The van der Waals surface area contributed by atoms with Crippen LogP contribution in [-0.4, -0.2) is 11.9 Å². The van der Waals surface area contributed by atoms with Gasteiger partial charge in [-0.1, -0.05) is 25.7 Å². The molecule has 0 spiro atoms. The Kier molecular flexibility index (Phi) is 6.42. The summed E-state index contributed by atoms with van der Waals surface area (Å²) < 4.78 is 0. The molecule has 0 aromatic rings. The lowest BCUT2D eigenvalue weighted by Gasteiger charge is -1.97. The normalized spacial score (nSPS) is 12.6. The van der Waals surface area contributed by atoms with Gasteiger partial charge in [-0.05, 0) is 19.4 Å². The quantitative estimate of drug-likeness (QED) is 0.625. The molecule has 0 fully saturated rings. The Morgan fingerprint density at radius 2 is 2.23 bits per heavy atom. The van der Waals surface area contributed by atoms with Gasteiger partial charge in [0, 0.05) is 18.0 Å². The zero-order chi connectivity index (χ0) is 10.1. The molecule has 0 radical (unpaired) electrons. The van der Waals surface area contributed by atoms with Crippen molar-refractivity contribution >= 4 is 11.9 Å². The van der Waals surface area contributed by atoms with Crippen molar-refractivity contribution in [3.8, 4) is 0 Å². The van der Waals surface area contributed by atoms with Gasteiger partial charge >= 0.3 is 0 Å². The van der Waals surface area contributed by atoms with Crippen molar-refractivity contribution in [2.75, 3.05) is 0 Å². The average molecular weight is 176 g/mol. The molecular formula is C11H16N2. The van der Waals surface area contributed by atoms with Gasteiger partial charge < -0.3 is 5.41 Å². The molecule has 0 aliphatic heterocycles. The van der Waals surface area contributed by atoms with Crippen LogP contribution in [0, 0.1) is 5.41 Å². The summed E-state index contributed by atoms with van der Waals surface area (Å²) >= 11 is 0. The van der Waals surface area contributed by atoms with Crippen LogP contribution in [0.4, 0.5) is 0 Å². The van der Waals surface area contributed by atoms with Gasteiger partial charge in [0.2, 0.25) is 0 Å². The number of rotatable bonds is 5. The monoisotopic (exact) mass is 176 g/mol. The fraction of sp³-hybridized carbons (Fsp3) is 0.273. The summed E-state index contributed by atoms with van der Waals surface area (Å²) in [5, 5.41) is 7.65. The summed E-state index contributed by atoms with van der Waals surface area (Å²) in [6.07, 6.45) is 9.57. The van der Waals surface area contributed by atoms with Crippen LogP contribution in [-0.2, 0) is 0 Å². The van der Waals surface area contributed by atoms with E-state index < -0.39 is 0 Å². The minimum atomic E-state index is 0.481. The third-order valence-electron chi connectivity index (χ3n) is 1.39. The first-order valence-electron chi connectivity index (χ1n) is 4.32. The van der Waals surface area contributed by atoms with Crippen LogP contribution in [0.1, 0.15) is 20.3 Å². The van der Waals surface area contributed by atoms with E-state index in [0.717, 1.165) is 12.0 Å². The minimum absolute atomic E-state index is 0.481. The summed E-state index contributed by atoms with van der Waals surface area (Å²) in [6, 6.07) is 0. The van der Waals surface area contributed by atoms with E-state index in [9.17, 15) is 0 Å². The molecule has 0 atom stereocenters. The molecule has 0 rings (SSSR count). The highest BCUT2D eigenvalue weighted by molar-refractivity contribution is 6.19. The molecule has 70 valence electrons. The molecule has 0 aromatic heterocycles. The summed E-state index contributed by atoms with van der Waals surface area (Å²) in [7, 11) is 0. The second kappa shape index (κ2) is 7.22. The van der Waals surface area contributed by atoms with Gasteiger partial charge in [-0.2, -0.15) is 0 Å². The Bertz CT molecular complexity index is 257. The number of nitrogens with one attached hydrogen (secondary N) is 1. The fourth-order valence-corrected chi connectivity index (χ4v) is 0.848. The van der Waals surface area contributed by atoms with Crippen molar-refractivity contribution in [1.29, 1.82) is 5.41 Å². The van der Waals surface area contributed by atoms with Crippen LogP contribution in [0.15, 0.2) is 41.6 Å². The molecule has 1 N–H and O–H groups in total. The standard InChI is InChI=1S/C11H16N2/c1-4-7-10(9-13-6-3)11(12)8-5-2/h5-9,12H,3-4H2,1-2H3/b8-5-,10-7?,12-11?,13-9?. The number of hydrogen-bond acceptors (Lipinski definition) is 2. The topological polar surface area (TPSA) is 36.2 Å². The van der Waals surface area contributed by atoms with Gasteiger partial charge in [0.05, 0.1) is 5.71 Å². The van der Waals surface area contributed by atoms with Gasteiger partial charge in [0.1, 0.15) is 0 Å². The van der Waals surface area contributed by atoms with Crippen LogP contribution in [0.2, 0.25) is 0 Å². The first kappa shape index (κ1) is 11.6. The Morgan fingerprint density at radius 1 is 1.54 bits per heavy atom. The van der Waals surface area contributed by atoms with Crippen LogP contribution in [0.5, 0.6) is 0 Å². The van der Waals surface area contributed by atoms with Crippen molar-refractivity contribution in [2.45, 2.75) is 20.3 Å². The molecule has 2 heteroatoms. The van der Waals surface area contributed by atoms with Crippen LogP contribution < -0.4 is 0 Å². The second-order valence-electron chi connectivity index (χ2n) is 2.44. The van der Waals surface area contributed by atoms with Crippen LogP contribution in [0.3, 0.4) is 0 Å². The van der Waals surface area contributed by atoms with Crippen molar-refractivity contribution in [3.63, 3.8) is 0 Å². The van der Waals surface area contributed by atoms with E-state index >= 15 is 0 Å². The second-order valence-corrected chi connectivity index (χ2v) is 2.44. The molecule has 0 saturated carbocycles. The molecule has 2 nitrogen and oxygen atoms in total. The van der Waals surface area contributed by atoms with Gasteiger partial charge in [-0.25, -0.2) is 0 Å². The van der Waals surface area contributed by atoms with Gasteiger partial charge in [0.15, 0.2) is 0 Å². The van der Waals surface area contributed by atoms with E-state index in [1.54, 1.807) is 12.3 Å². The van der Waals surface area contributed by atoms with E-state index in [0.29, 0.717) is 5.71 Å². The molecule has 0 aliphatic rings. The summed E-state index contributed by atoms with van der Waals surface area (Å²) in [4.78, 5) is 3.89. The molecule has 0 aromatic carbocycles. The first-order chi connectivity index (χ1) is 6.26. The number of hydrogen-bond donors (Lipinski definition) is 1. The van der Waals surface area contributed by atoms with Crippen molar-refractivity contribution < 1.29 is 0 Å². The molecule has 0 bridgehead atoms. The lowest BCUT2D eigenvalue weighted by atomic mass is 10.1. The third kappa shape index (κ3) is 4.90. The maximum absolute atomic E-state index is 7.65. The first-order valence-corrected chi connectivity index (χ1v) is 4.32. The van der Waals surface area contributed by atoms with Gasteiger partial charge in [0.25, 0.3) is 0 Å². The van der Waals surface area contributed by atoms with Crippen LogP contribution in [0.25, 0.3) is 0 Å². The lowest BCUT2D eigenvalue weighted by Crippen LogP contribution is -1.98. The molecular weight excluding hydrogens is 160 g/mol. The smallest absolute Gasteiger partial charge is 0.0621 e. The number of allylic oxidation sites excluding steroid dienone is 4. The SMILES string of the molecule is C=CN=CC(=CCC)C(=N)/C=C\C. The molecule has 0 amide bonds. The number of nitrogens with zero attached hydrogens (tertiary/aromatic N) is 1. The molecule has 0 heterocycles.